The fraction of sp³-hybridized carbons (Fsp3) is 0.300. The number of benzene rings is 1. The second-order valence-corrected chi connectivity index (χ2v) is 4.08. The standard InChI is InChI=1S/C10H10BrNO2/c1-14-10(13)9-6-12(9)8-4-2-7(11)3-5-8/h2-5,9H,6H2,1H3/t9-,12?/m0/s1. The zero-order chi connectivity index (χ0) is 10.1. The van der Waals surface area contributed by atoms with E-state index in [1.54, 1.807) is 0 Å². The van der Waals surface area contributed by atoms with Crippen molar-refractivity contribution in [1.82, 2.24) is 0 Å². The highest BCUT2D eigenvalue weighted by Gasteiger charge is 2.41. The lowest BCUT2D eigenvalue weighted by Crippen LogP contribution is -2.13. The average molecular weight is 256 g/mol. The Morgan fingerprint density at radius 1 is 1.50 bits per heavy atom. The summed E-state index contributed by atoms with van der Waals surface area (Å²) in [4.78, 5) is 13.1. The summed E-state index contributed by atoms with van der Waals surface area (Å²) < 4.78 is 5.70. The van der Waals surface area contributed by atoms with Gasteiger partial charge in [-0.05, 0) is 24.3 Å². The summed E-state index contributed by atoms with van der Waals surface area (Å²) in [7, 11) is 1.42. The van der Waals surface area contributed by atoms with Crippen LogP contribution in [0.2, 0.25) is 0 Å². The zero-order valence-corrected chi connectivity index (χ0v) is 9.32. The molecule has 0 N–H and O–H groups in total. The normalized spacial score (nSPS) is 19.3. The van der Waals surface area contributed by atoms with Gasteiger partial charge in [0.25, 0.3) is 0 Å². The van der Waals surface area contributed by atoms with Gasteiger partial charge in [-0.3, -0.25) is 0 Å². The van der Waals surface area contributed by atoms with Crippen molar-refractivity contribution in [3.05, 3.63) is 28.7 Å². The zero-order valence-electron chi connectivity index (χ0n) is 7.74. The van der Waals surface area contributed by atoms with Crippen molar-refractivity contribution >= 4 is 27.6 Å². The Balaban J connectivity index is 2.06. The number of carbonyl (C=O) groups is 1. The van der Waals surface area contributed by atoms with Crippen LogP contribution in [0.15, 0.2) is 28.7 Å². The summed E-state index contributed by atoms with van der Waals surface area (Å²) in [5.74, 6) is -0.159. The fourth-order valence-corrected chi connectivity index (χ4v) is 1.66. The van der Waals surface area contributed by atoms with Gasteiger partial charge in [0.15, 0.2) is 0 Å². The van der Waals surface area contributed by atoms with E-state index in [0.29, 0.717) is 0 Å². The number of anilines is 1. The van der Waals surface area contributed by atoms with E-state index in [1.165, 1.54) is 7.11 Å². The Morgan fingerprint density at radius 2 is 2.14 bits per heavy atom. The Kier molecular flexibility index (Phi) is 2.46. The number of nitrogens with zero attached hydrogens (tertiary/aromatic N) is 1. The van der Waals surface area contributed by atoms with E-state index in [9.17, 15) is 4.79 Å². The first-order valence-electron chi connectivity index (χ1n) is 4.32. The summed E-state index contributed by atoms with van der Waals surface area (Å²) >= 11 is 3.36. The SMILES string of the molecule is COC(=O)[C@@H]1CN1c1ccc(Br)cc1. The first-order chi connectivity index (χ1) is 6.72. The molecule has 1 saturated heterocycles. The number of hydrogen-bond donors (Lipinski definition) is 0. The number of halogens is 1. The number of rotatable bonds is 2. The van der Waals surface area contributed by atoms with Gasteiger partial charge < -0.3 is 9.64 Å². The first-order valence-corrected chi connectivity index (χ1v) is 5.11. The summed E-state index contributed by atoms with van der Waals surface area (Å²) in [5.41, 5.74) is 1.06. The quantitative estimate of drug-likeness (QED) is 0.597. The molecule has 14 heavy (non-hydrogen) atoms. The maximum Gasteiger partial charge on any atom is 0.330 e. The van der Waals surface area contributed by atoms with Crippen molar-refractivity contribution < 1.29 is 9.53 Å². The van der Waals surface area contributed by atoms with Crippen LogP contribution in [0.25, 0.3) is 0 Å². The van der Waals surface area contributed by atoms with E-state index in [0.717, 1.165) is 16.7 Å². The summed E-state index contributed by atoms with van der Waals surface area (Å²) in [5, 5.41) is 0. The maximum absolute atomic E-state index is 11.2. The second kappa shape index (κ2) is 3.61. The van der Waals surface area contributed by atoms with Crippen molar-refractivity contribution in [2.75, 3.05) is 18.6 Å². The van der Waals surface area contributed by atoms with E-state index >= 15 is 0 Å². The molecule has 0 saturated carbocycles. The van der Waals surface area contributed by atoms with Crippen LogP contribution in [0.3, 0.4) is 0 Å². The minimum Gasteiger partial charge on any atom is -0.467 e. The molecule has 1 atom stereocenters. The van der Waals surface area contributed by atoms with Crippen LogP contribution in [-0.2, 0) is 9.53 Å². The van der Waals surface area contributed by atoms with Crippen molar-refractivity contribution in [3.8, 4) is 0 Å². The fourth-order valence-electron chi connectivity index (χ4n) is 1.39. The van der Waals surface area contributed by atoms with E-state index in [2.05, 4.69) is 20.7 Å². The van der Waals surface area contributed by atoms with Gasteiger partial charge in [-0.25, -0.2) is 4.79 Å². The van der Waals surface area contributed by atoms with Gasteiger partial charge in [-0.2, -0.15) is 0 Å². The molecule has 0 aromatic heterocycles. The van der Waals surface area contributed by atoms with Crippen molar-refractivity contribution in [2.24, 2.45) is 0 Å². The van der Waals surface area contributed by atoms with E-state index in [-0.39, 0.29) is 12.0 Å². The Labute approximate surface area is 90.8 Å². The van der Waals surface area contributed by atoms with Crippen molar-refractivity contribution in [2.45, 2.75) is 6.04 Å². The Morgan fingerprint density at radius 3 is 2.71 bits per heavy atom. The molecule has 4 heteroatoms. The molecule has 0 aliphatic carbocycles. The predicted molar refractivity (Wildman–Crippen MR) is 57.3 cm³/mol. The summed E-state index contributed by atoms with van der Waals surface area (Å²) in [6, 6.07) is 7.80. The van der Waals surface area contributed by atoms with Crippen LogP contribution in [0, 0.1) is 0 Å². The van der Waals surface area contributed by atoms with Gasteiger partial charge in [0.05, 0.1) is 13.7 Å². The molecule has 74 valence electrons. The number of hydrogen-bond acceptors (Lipinski definition) is 3. The minimum absolute atomic E-state index is 0.0822. The minimum atomic E-state index is -0.159. The van der Waals surface area contributed by atoms with Crippen molar-refractivity contribution in [3.63, 3.8) is 0 Å². The van der Waals surface area contributed by atoms with E-state index in [1.807, 2.05) is 29.2 Å². The van der Waals surface area contributed by atoms with Crippen molar-refractivity contribution in [1.29, 1.82) is 0 Å². The molecule has 2 rings (SSSR count). The molecule has 3 nitrogen and oxygen atoms in total. The van der Waals surface area contributed by atoms with Crippen LogP contribution in [0.1, 0.15) is 0 Å². The molecule has 1 heterocycles. The molecule has 1 aliphatic rings. The molecule has 1 aliphatic heterocycles. The highest BCUT2D eigenvalue weighted by molar-refractivity contribution is 9.10. The highest BCUT2D eigenvalue weighted by atomic mass is 79.9. The van der Waals surface area contributed by atoms with Crippen LogP contribution >= 0.6 is 15.9 Å². The highest BCUT2D eigenvalue weighted by Crippen LogP contribution is 2.29. The summed E-state index contributed by atoms with van der Waals surface area (Å²) in [6.07, 6.45) is 0. The molecule has 1 aromatic carbocycles. The van der Waals surface area contributed by atoms with E-state index in [4.69, 9.17) is 0 Å². The van der Waals surface area contributed by atoms with E-state index < -0.39 is 0 Å². The lowest BCUT2D eigenvalue weighted by molar-refractivity contribution is -0.139. The Bertz CT molecular complexity index is 350. The molecule has 0 spiro atoms. The molecule has 0 radical (unpaired) electrons. The topological polar surface area (TPSA) is 29.3 Å². The molecular weight excluding hydrogens is 246 g/mol. The number of ether oxygens (including phenoxy) is 1. The molecule has 0 unspecified atom stereocenters. The van der Waals surface area contributed by atoms with Crippen LogP contribution in [0.5, 0.6) is 0 Å². The molecule has 0 amide bonds. The molecule has 1 fully saturated rings. The molecule has 0 bridgehead atoms. The predicted octanol–water partition coefficient (Wildman–Crippen LogP) is 1.81. The number of carbonyl (C=O) groups excluding carboxylic acids is 1. The molecular formula is C10H10BrNO2. The number of methoxy groups -OCH3 is 1. The number of esters is 1. The second-order valence-electron chi connectivity index (χ2n) is 3.17. The maximum atomic E-state index is 11.2. The van der Waals surface area contributed by atoms with Gasteiger partial charge in [-0.1, -0.05) is 15.9 Å². The third-order valence-corrected chi connectivity index (χ3v) is 2.77. The van der Waals surface area contributed by atoms with Crippen LogP contribution in [0.4, 0.5) is 5.69 Å². The monoisotopic (exact) mass is 255 g/mol. The third kappa shape index (κ3) is 1.75. The third-order valence-electron chi connectivity index (χ3n) is 2.24. The van der Waals surface area contributed by atoms with Gasteiger partial charge in [0.2, 0.25) is 0 Å². The van der Waals surface area contributed by atoms with Gasteiger partial charge in [0, 0.05) is 10.2 Å². The van der Waals surface area contributed by atoms with Crippen LogP contribution < -0.4 is 4.90 Å². The van der Waals surface area contributed by atoms with Gasteiger partial charge in [0.1, 0.15) is 6.04 Å². The lowest BCUT2D eigenvalue weighted by Gasteiger charge is -2.04. The van der Waals surface area contributed by atoms with Crippen LogP contribution in [-0.4, -0.2) is 25.7 Å². The first kappa shape index (κ1) is 9.52. The Hall–Kier alpha value is -1.03. The van der Waals surface area contributed by atoms with Gasteiger partial charge >= 0.3 is 5.97 Å². The smallest absolute Gasteiger partial charge is 0.330 e. The summed E-state index contributed by atoms with van der Waals surface area (Å²) in [6.45, 7) is 0.758. The lowest BCUT2D eigenvalue weighted by atomic mass is 10.3. The average Bonchev–Trinajstić information content (AvgIpc) is 2.98. The molecule has 1 aromatic rings. The van der Waals surface area contributed by atoms with Gasteiger partial charge in [-0.15, -0.1) is 0 Å². The largest absolute Gasteiger partial charge is 0.467 e.